The molecule has 6 heteroatoms. The van der Waals surface area contributed by atoms with Gasteiger partial charge in [0.05, 0.1) is 12.8 Å². The lowest BCUT2D eigenvalue weighted by atomic mass is 10.0. The molecule has 1 fully saturated rings. The molecule has 2 aromatic rings. The van der Waals surface area contributed by atoms with Crippen molar-refractivity contribution in [2.45, 2.75) is 72.5 Å². The fraction of sp³-hybridized carbons (Fsp3) is 0.600. The van der Waals surface area contributed by atoms with Crippen LogP contribution < -0.4 is 10.1 Å². The van der Waals surface area contributed by atoms with Crippen LogP contribution in [0.1, 0.15) is 55.6 Å². The number of nitrogens with one attached hydrogen (secondary N) is 1. The van der Waals surface area contributed by atoms with Gasteiger partial charge in [0.25, 0.3) is 0 Å². The van der Waals surface area contributed by atoms with E-state index < -0.39 is 0 Å². The van der Waals surface area contributed by atoms with E-state index in [0.717, 1.165) is 56.9 Å². The Kier molecular flexibility index (Phi) is 8.13. The second kappa shape index (κ2) is 10.8. The molecule has 3 rings (SSSR count). The first kappa shape index (κ1) is 23.3. The summed E-state index contributed by atoms with van der Waals surface area (Å²) in [6.07, 6.45) is 3.29. The van der Waals surface area contributed by atoms with Crippen molar-refractivity contribution in [3.63, 3.8) is 0 Å². The van der Waals surface area contributed by atoms with E-state index in [1.165, 1.54) is 16.8 Å². The van der Waals surface area contributed by atoms with Crippen LogP contribution in [0.15, 0.2) is 24.3 Å². The van der Waals surface area contributed by atoms with E-state index in [-0.39, 0.29) is 11.9 Å². The third-order valence-corrected chi connectivity index (χ3v) is 6.16. The monoisotopic (exact) mass is 426 g/mol. The molecule has 31 heavy (non-hydrogen) atoms. The van der Waals surface area contributed by atoms with Crippen LogP contribution in [-0.4, -0.2) is 46.8 Å². The Morgan fingerprint density at radius 2 is 2.00 bits per heavy atom. The number of amides is 1. The lowest BCUT2D eigenvalue weighted by Gasteiger charge is -2.32. The van der Waals surface area contributed by atoms with Crippen LogP contribution in [0.2, 0.25) is 0 Å². The summed E-state index contributed by atoms with van der Waals surface area (Å²) in [7, 11) is 1.70. The van der Waals surface area contributed by atoms with Gasteiger partial charge in [0.1, 0.15) is 5.75 Å². The summed E-state index contributed by atoms with van der Waals surface area (Å²) in [6, 6.07) is 8.53. The first-order chi connectivity index (χ1) is 14.9. The van der Waals surface area contributed by atoms with E-state index in [2.05, 4.69) is 59.8 Å². The number of hydrogen-bond donors (Lipinski definition) is 1. The van der Waals surface area contributed by atoms with Crippen LogP contribution >= 0.6 is 0 Å². The highest BCUT2D eigenvalue weighted by molar-refractivity contribution is 5.76. The maximum absolute atomic E-state index is 12.6. The van der Waals surface area contributed by atoms with Crippen molar-refractivity contribution in [3.8, 4) is 5.75 Å². The molecule has 6 nitrogen and oxygen atoms in total. The summed E-state index contributed by atoms with van der Waals surface area (Å²) in [5.74, 6) is 1.62. The largest absolute Gasteiger partial charge is 0.497 e. The molecule has 0 unspecified atom stereocenters. The minimum atomic E-state index is 0.154. The Balaban J connectivity index is 1.42. The van der Waals surface area contributed by atoms with Crippen molar-refractivity contribution < 1.29 is 9.53 Å². The van der Waals surface area contributed by atoms with Crippen molar-refractivity contribution in [1.82, 2.24) is 20.0 Å². The number of ether oxygens (including phenoxy) is 1. The number of aromatic nitrogens is 2. The fourth-order valence-electron chi connectivity index (χ4n) is 4.42. The average Bonchev–Trinajstić information content (AvgIpc) is 3.00. The number of carbonyl (C=O) groups is 1. The molecule has 1 saturated heterocycles. The molecular formula is C25H38N4O2. The first-order valence-corrected chi connectivity index (χ1v) is 11.5. The van der Waals surface area contributed by atoms with Gasteiger partial charge in [-0.05, 0) is 62.3 Å². The molecule has 1 aromatic heterocycles. The zero-order valence-corrected chi connectivity index (χ0v) is 19.8. The van der Waals surface area contributed by atoms with Crippen LogP contribution in [0, 0.1) is 19.8 Å². The molecule has 1 aromatic carbocycles. The predicted molar refractivity (Wildman–Crippen MR) is 124 cm³/mol. The van der Waals surface area contributed by atoms with Gasteiger partial charge >= 0.3 is 0 Å². The van der Waals surface area contributed by atoms with Crippen LogP contribution in [0.25, 0.3) is 0 Å². The number of likely N-dealkylation sites (tertiary alicyclic amines) is 1. The number of methoxy groups -OCH3 is 1. The Bertz CT molecular complexity index is 866. The van der Waals surface area contributed by atoms with Crippen LogP contribution in [0.3, 0.4) is 0 Å². The zero-order chi connectivity index (χ0) is 22.4. The topological polar surface area (TPSA) is 59.4 Å². The van der Waals surface area contributed by atoms with E-state index >= 15 is 0 Å². The van der Waals surface area contributed by atoms with Gasteiger partial charge in [-0.1, -0.05) is 26.0 Å². The molecule has 0 bridgehead atoms. The summed E-state index contributed by atoms with van der Waals surface area (Å²) in [5.41, 5.74) is 4.75. The summed E-state index contributed by atoms with van der Waals surface area (Å²) in [4.78, 5) is 15.0. The van der Waals surface area contributed by atoms with Crippen LogP contribution in [0.5, 0.6) is 5.75 Å². The molecule has 170 valence electrons. The summed E-state index contributed by atoms with van der Waals surface area (Å²) < 4.78 is 7.41. The summed E-state index contributed by atoms with van der Waals surface area (Å²) in [6.45, 7) is 12.4. The normalized spacial score (nSPS) is 15.4. The van der Waals surface area contributed by atoms with E-state index in [1.54, 1.807) is 7.11 Å². The van der Waals surface area contributed by atoms with Gasteiger partial charge in [0, 0.05) is 44.3 Å². The smallest absolute Gasteiger partial charge is 0.220 e. The molecule has 1 aliphatic rings. The summed E-state index contributed by atoms with van der Waals surface area (Å²) >= 11 is 0. The first-order valence-electron chi connectivity index (χ1n) is 11.5. The molecule has 1 amide bonds. The van der Waals surface area contributed by atoms with Crippen molar-refractivity contribution in [1.29, 1.82) is 0 Å². The van der Waals surface area contributed by atoms with Gasteiger partial charge in [-0.25, -0.2) is 0 Å². The Morgan fingerprint density at radius 1 is 1.26 bits per heavy atom. The van der Waals surface area contributed by atoms with Gasteiger partial charge in [-0.15, -0.1) is 0 Å². The van der Waals surface area contributed by atoms with Gasteiger partial charge in [0.15, 0.2) is 0 Å². The Morgan fingerprint density at radius 3 is 2.68 bits per heavy atom. The van der Waals surface area contributed by atoms with E-state index in [0.29, 0.717) is 12.3 Å². The van der Waals surface area contributed by atoms with Gasteiger partial charge < -0.3 is 10.1 Å². The quantitative estimate of drug-likeness (QED) is 0.661. The van der Waals surface area contributed by atoms with Crippen molar-refractivity contribution in [2.24, 2.45) is 5.92 Å². The minimum absolute atomic E-state index is 0.154. The lowest BCUT2D eigenvalue weighted by Crippen LogP contribution is -2.44. The van der Waals surface area contributed by atoms with E-state index in [1.807, 2.05) is 12.1 Å². The molecule has 0 spiro atoms. The lowest BCUT2D eigenvalue weighted by molar-refractivity contribution is -0.122. The third-order valence-electron chi connectivity index (χ3n) is 6.16. The number of carbonyl (C=O) groups excluding carboxylic acids is 1. The third kappa shape index (κ3) is 6.57. The second-order valence-corrected chi connectivity index (χ2v) is 9.19. The minimum Gasteiger partial charge on any atom is -0.497 e. The van der Waals surface area contributed by atoms with Gasteiger partial charge in [-0.3, -0.25) is 14.4 Å². The van der Waals surface area contributed by atoms with Crippen LogP contribution in [0.4, 0.5) is 0 Å². The molecule has 0 saturated carbocycles. The molecule has 0 radical (unpaired) electrons. The SMILES string of the molecule is COc1cccc(CN2CCC(NC(=O)CCc3c(C)nn(CC(C)C)c3C)CC2)c1. The Hall–Kier alpha value is -2.34. The number of aryl methyl sites for hydroxylation is 1. The standard InChI is InChI=1S/C25H38N4O2/c1-18(2)16-29-20(4)24(19(3)27-29)9-10-25(30)26-22-11-13-28(14-12-22)17-21-7-6-8-23(15-21)31-5/h6-8,15,18,22H,9-14,16-17H2,1-5H3,(H,26,30). The van der Waals surface area contributed by atoms with Gasteiger partial charge in [0.2, 0.25) is 5.91 Å². The highest BCUT2D eigenvalue weighted by Gasteiger charge is 2.21. The summed E-state index contributed by atoms with van der Waals surface area (Å²) in [5, 5.41) is 7.93. The van der Waals surface area contributed by atoms with E-state index in [4.69, 9.17) is 4.74 Å². The van der Waals surface area contributed by atoms with Gasteiger partial charge in [-0.2, -0.15) is 5.10 Å². The average molecular weight is 427 g/mol. The fourth-order valence-corrected chi connectivity index (χ4v) is 4.42. The highest BCUT2D eigenvalue weighted by Crippen LogP contribution is 2.19. The number of nitrogens with zero attached hydrogens (tertiary/aromatic N) is 3. The zero-order valence-electron chi connectivity index (χ0n) is 19.8. The molecule has 0 aliphatic carbocycles. The van der Waals surface area contributed by atoms with Crippen molar-refractivity contribution >= 4 is 5.91 Å². The Labute approximate surface area is 187 Å². The number of rotatable bonds is 9. The number of hydrogen-bond acceptors (Lipinski definition) is 4. The molecule has 0 atom stereocenters. The molecule has 1 aliphatic heterocycles. The van der Waals surface area contributed by atoms with Crippen molar-refractivity contribution in [2.75, 3.05) is 20.2 Å². The molecule has 1 N–H and O–H groups in total. The maximum atomic E-state index is 12.6. The van der Waals surface area contributed by atoms with Crippen LogP contribution in [-0.2, 0) is 24.3 Å². The second-order valence-electron chi connectivity index (χ2n) is 9.19. The van der Waals surface area contributed by atoms with Crippen molar-refractivity contribution in [3.05, 3.63) is 46.8 Å². The molecular weight excluding hydrogens is 388 g/mol. The highest BCUT2D eigenvalue weighted by atomic mass is 16.5. The number of piperidine rings is 1. The van der Waals surface area contributed by atoms with E-state index in [9.17, 15) is 4.79 Å². The number of benzene rings is 1. The molecule has 2 heterocycles. The maximum Gasteiger partial charge on any atom is 0.220 e. The predicted octanol–water partition coefficient (Wildman–Crippen LogP) is 3.88.